The van der Waals surface area contributed by atoms with Crippen LogP contribution in [0.1, 0.15) is 28.9 Å². The van der Waals surface area contributed by atoms with E-state index >= 15 is 0 Å². The van der Waals surface area contributed by atoms with Gasteiger partial charge < -0.3 is 10.2 Å². The summed E-state index contributed by atoms with van der Waals surface area (Å²) in [6.07, 6.45) is 3.54. The molecule has 1 N–H and O–H groups in total. The molecule has 2 aliphatic rings. The zero-order valence-electron chi connectivity index (χ0n) is 13.7. The van der Waals surface area contributed by atoms with Crippen molar-refractivity contribution in [1.29, 1.82) is 0 Å². The van der Waals surface area contributed by atoms with Gasteiger partial charge in [0.25, 0.3) is 5.91 Å². The van der Waals surface area contributed by atoms with Gasteiger partial charge in [-0.05, 0) is 48.2 Å². The molecule has 3 heterocycles. The molecule has 3 nitrogen and oxygen atoms in total. The highest BCUT2D eigenvalue weighted by atomic mass is 35.5. The molecule has 1 aromatic carbocycles. The highest BCUT2D eigenvalue weighted by Gasteiger charge is 2.38. The van der Waals surface area contributed by atoms with E-state index in [0.717, 1.165) is 55.0 Å². The van der Waals surface area contributed by atoms with Crippen molar-refractivity contribution >= 4 is 29.7 Å². The first-order valence-electron chi connectivity index (χ1n) is 8.40. The average Bonchev–Trinajstić information content (AvgIpc) is 3.26. The van der Waals surface area contributed by atoms with Crippen molar-refractivity contribution in [2.45, 2.75) is 19.3 Å². The number of amides is 1. The molecular formula is C19H23ClN2OS. The minimum Gasteiger partial charge on any atom is -0.338 e. The Morgan fingerprint density at radius 2 is 1.83 bits per heavy atom. The zero-order chi connectivity index (χ0) is 15.7. The number of piperidine rings is 1. The summed E-state index contributed by atoms with van der Waals surface area (Å²) in [7, 11) is 0. The Balaban J connectivity index is 0.00000169. The first-order chi connectivity index (χ1) is 11.3. The lowest BCUT2D eigenvalue weighted by Crippen LogP contribution is -2.43. The van der Waals surface area contributed by atoms with Crippen LogP contribution in [0.25, 0.3) is 11.1 Å². The molecule has 0 atom stereocenters. The summed E-state index contributed by atoms with van der Waals surface area (Å²) in [5, 5.41) is 5.51. The van der Waals surface area contributed by atoms with Crippen LogP contribution in [0.15, 0.2) is 41.8 Å². The minimum absolute atomic E-state index is 0. The highest BCUT2D eigenvalue weighted by Crippen LogP contribution is 2.38. The molecule has 0 aliphatic carbocycles. The maximum absolute atomic E-state index is 13.0. The Morgan fingerprint density at radius 3 is 2.50 bits per heavy atom. The summed E-state index contributed by atoms with van der Waals surface area (Å²) in [5.74, 6) is 0.208. The van der Waals surface area contributed by atoms with Crippen LogP contribution in [-0.2, 0) is 0 Å². The molecule has 24 heavy (non-hydrogen) atoms. The van der Waals surface area contributed by atoms with Gasteiger partial charge in [-0.25, -0.2) is 0 Å². The summed E-state index contributed by atoms with van der Waals surface area (Å²) < 4.78 is 0. The predicted octanol–water partition coefficient (Wildman–Crippen LogP) is 4.05. The molecule has 0 unspecified atom stereocenters. The van der Waals surface area contributed by atoms with Gasteiger partial charge in [-0.2, -0.15) is 0 Å². The second-order valence-electron chi connectivity index (χ2n) is 6.75. The molecule has 4 rings (SSSR count). The smallest absolute Gasteiger partial charge is 0.264 e. The van der Waals surface area contributed by atoms with Crippen molar-refractivity contribution in [3.63, 3.8) is 0 Å². The van der Waals surface area contributed by atoms with Gasteiger partial charge >= 0.3 is 0 Å². The lowest BCUT2D eigenvalue weighted by molar-refractivity contribution is 0.0613. The molecule has 1 aromatic heterocycles. The van der Waals surface area contributed by atoms with E-state index in [4.69, 9.17) is 0 Å². The van der Waals surface area contributed by atoms with Crippen LogP contribution in [0.2, 0.25) is 0 Å². The number of benzene rings is 1. The quantitative estimate of drug-likeness (QED) is 0.874. The van der Waals surface area contributed by atoms with Crippen molar-refractivity contribution in [2.75, 3.05) is 26.2 Å². The molecule has 2 aliphatic heterocycles. The van der Waals surface area contributed by atoms with E-state index in [1.54, 1.807) is 11.3 Å². The lowest BCUT2D eigenvalue weighted by atomic mass is 9.78. The molecule has 1 spiro atoms. The molecule has 2 aromatic rings. The molecule has 2 fully saturated rings. The molecule has 1 amide bonds. The Bertz CT molecular complexity index is 684. The number of carbonyl (C=O) groups excluding carboxylic acids is 1. The molecule has 128 valence electrons. The normalized spacial score (nSPS) is 19.2. The number of halogens is 1. The maximum Gasteiger partial charge on any atom is 0.264 e. The van der Waals surface area contributed by atoms with Crippen molar-refractivity contribution in [2.24, 2.45) is 5.41 Å². The lowest BCUT2D eigenvalue weighted by Gasteiger charge is -2.38. The average molecular weight is 363 g/mol. The van der Waals surface area contributed by atoms with Gasteiger partial charge in [0.1, 0.15) is 0 Å². The maximum atomic E-state index is 13.0. The molecule has 5 heteroatoms. The van der Waals surface area contributed by atoms with E-state index in [0.29, 0.717) is 5.41 Å². The number of carbonyl (C=O) groups is 1. The molecule has 2 saturated heterocycles. The molecule has 0 radical (unpaired) electrons. The first-order valence-corrected chi connectivity index (χ1v) is 9.28. The van der Waals surface area contributed by atoms with Crippen LogP contribution in [0, 0.1) is 5.41 Å². The zero-order valence-corrected chi connectivity index (χ0v) is 15.3. The number of likely N-dealkylation sites (tertiary alicyclic amines) is 1. The Kier molecular flexibility index (Phi) is 5.28. The van der Waals surface area contributed by atoms with Crippen molar-refractivity contribution in [3.05, 3.63) is 46.7 Å². The molecule has 0 bridgehead atoms. The fraction of sp³-hybridized carbons (Fsp3) is 0.421. The van der Waals surface area contributed by atoms with Gasteiger partial charge in [0.2, 0.25) is 0 Å². The van der Waals surface area contributed by atoms with Crippen LogP contribution >= 0.6 is 23.7 Å². The number of rotatable bonds is 2. The highest BCUT2D eigenvalue weighted by molar-refractivity contribution is 7.12. The fourth-order valence-corrected chi connectivity index (χ4v) is 4.75. The number of nitrogens with one attached hydrogen (secondary N) is 1. The van der Waals surface area contributed by atoms with E-state index in [1.807, 2.05) is 23.6 Å². The van der Waals surface area contributed by atoms with E-state index in [2.05, 4.69) is 28.4 Å². The third-order valence-electron chi connectivity index (χ3n) is 5.39. The third kappa shape index (κ3) is 3.23. The number of hydrogen-bond donors (Lipinski definition) is 1. The summed E-state index contributed by atoms with van der Waals surface area (Å²) in [6, 6.07) is 12.3. The Labute approximate surface area is 153 Å². The predicted molar refractivity (Wildman–Crippen MR) is 102 cm³/mol. The topological polar surface area (TPSA) is 32.3 Å². The Hall–Kier alpha value is -1.36. The van der Waals surface area contributed by atoms with Crippen molar-refractivity contribution in [3.8, 4) is 11.1 Å². The van der Waals surface area contributed by atoms with Crippen LogP contribution in [0.5, 0.6) is 0 Å². The monoisotopic (exact) mass is 362 g/mol. The van der Waals surface area contributed by atoms with Gasteiger partial charge in [0.05, 0.1) is 4.88 Å². The van der Waals surface area contributed by atoms with Gasteiger partial charge in [-0.1, -0.05) is 30.3 Å². The fourth-order valence-electron chi connectivity index (χ4n) is 3.87. The van der Waals surface area contributed by atoms with Gasteiger partial charge in [-0.15, -0.1) is 23.7 Å². The second-order valence-corrected chi connectivity index (χ2v) is 7.66. The van der Waals surface area contributed by atoms with Crippen molar-refractivity contribution in [1.82, 2.24) is 10.2 Å². The number of nitrogens with zero attached hydrogens (tertiary/aromatic N) is 1. The molecule has 0 saturated carbocycles. The van der Waals surface area contributed by atoms with E-state index in [1.165, 1.54) is 6.42 Å². The van der Waals surface area contributed by atoms with Crippen molar-refractivity contribution < 1.29 is 4.79 Å². The van der Waals surface area contributed by atoms with E-state index < -0.39 is 0 Å². The number of hydrogen-bond acceptors (Lipinski definition) is 3. The largest absolute Gasteiger partial charge is 0.338 e. The van der Waals surface area contributed by atoms with Crippen LogP contribution in [0.3, 0.4) is 0 Å². The summed E-state index contributed by atoms with van der Waals surface area (Å²) in [5.41, 5.74) is 2.66. The summed E-state index contributed by atoms with van der Waals surface area (Å²) in [6.45, 7) is 4.06. The SMILES string of the molecule is Cl.O=C(c1sccc1-c1ccccc1)N1CCC2(CCNC2)CC1. The van der Waals surface area contributed by atoms with Gasteiger partial charge in [-0.3, -0.25) is 4.79 Å². The van der Waals surface area contributed by atoms with E-state index in [-0.39, 0.29) is 18.3 Å². The standard InChI is InChI=1S/C19H22N2OS.ClH/c22-18(21-11-8-19(9-12-21)7-10-20-14-19)17-16(6-13-23-17)15-4-2-1-3-5-15;/h1-6,13,20H,7-12,14H2;1H. The van der Waals surface area contributed by atoms with Gasteiger partial charge in [0.15, 0.2) is 0 Å². The van der Waals surface area contributed by atoms with Crippen LogP contribution in [0.4, 0.5) is 0 Å². The van der Waals surface area contributed by atoms with E-state index in [9.17, 15) is 4.79 Å². The van der Waals surface area contributed by atoms with Crippen LogP contribution in [-0.4, -0.2) is 37.0 Å². The van der Waals surface area contributed by atoms with Crippen LogP contribution < -0.4 is 5.32 Å². The minimum atomic E-state index is 0. The summed E-state index contributed by atoms with van der Waals surface area (Å²) >= 11 is 1.57. The first kappa shape index (κ1) is 17.5. The summed E-state index contributed by atoms with van der Waals surface area (Å²) in [4.78, 5) is 15.9. The molecular weight excluding hydrogens is 340 g/mol. The third-order valence-corrected chi connectivity index (χ3v) is 6.29. The second kappa shape index (κ2) is 7.26. The number of thiophene rings is 1. The van der Waals surface area contributed by atoms with Gasteiger partial charge in [0, 0.05) is 25.2 Å². The Morgan fingerprint density at radius 1 is 1.08 bits per heavy atom.